The zero-order valence-corrected chi connectivity index (χ0v) is 10.5. The van der Waals surface area contributed by atoms with Crippen molar-refractivity contribution in [3.8, 4) is 0 Å². The number of carbonyl (C=O) groups excluding carboxylic acids is 1. The van der Waals surface area contributed by atoms with E-state index in [0.29, 0.717) is 0 Å². The second-order valence-electron chi connectivity index (χ2n) is 3.72. The van der Waals surface area contributed by atoms with Crippen LogP contribution in [0.4, 0.5) is 0 Å². The fourth-order valence-electron chi connectivity index (χ4n) is 0.936. The van der Waals surface area contributed by atoms with Crippen LogP contribution in [0.2, 0.25) is 0 Å². The molecular formula is C8H18NO2PS. The molecule has 0 aromatic carbocycles. The molecule has 0 heterocycles. The number of methoxy groups -OCH3 is 1. The molecule has 1 unspecified atom stereocenters. The molecule has 1 N–H and O–H groups in total. The highest BCUT2D eigenvalue weighted by Gasteiger charge is 2.24. The summed E-state index contributed by atoms with van der Waals surface area (Å²) in [5, 5.41) is 3.16. The summed E-state index contributed by atoms with van der Waals surface area (Å²) in [6.07, 6.45) is -1.56. The fraction of sp³-hybridized carbons (Fsp3) is 0.875. The smallest absolute Gasteiger partial charge is 0.323 e. The highest BCUT2D eigenvalue weighted by Crippen LogP contribution is 2.32. The summed E-state index contributed by atoms with van der Waals surface area (Å²) in [6, 6.07) is -0.272. The monoisotopic (exact) mass is 223 g/mol. The normalized spacial score (nSPS) is 14.3. The molecule has 13 heavy (non-hydrogen) atoms. The van der Waals surface area contributed by atoms with Crippen LogP contribution in [0.15, 0.2) is 0 Å². The van der Waals surface area contributed by atoms with Crippen molar-refractivity contribution < 1.29 is 9.53 Å². The van der Waals surface area contributed by atoms with E-state index in [2.05, 4.69) is 9.82 Å². The van der Waals surface area contributed by atoms with Crippen LogP contribution in [-0.4, -0.2) is 32.5 Å². The van der Waals surface area contributed by atoms with Crippen LogP contribution in [0, 0.1) is 5.92 Å². The molecule has 3 nitrogen and oxygen atoms in total. The van der Waals surface area contributed by atoms with Crippen molar-refractivity contribution in [2.75, 3.05) is 20.4 Å². The number of carbonyl (C=O) groups is 1. The molecule has 0 spiro atoms. The minimum atomic E-state index is -1.56. The van der Waals surface area contributed by atoms with Crippen LogP contribution in [-0.2, 0) is 21.3 Å². The molecule has 0 saturated heterocycles. The first kappa shape index (κ1) is 13.1. The van der Waals surface area contributed by atoms with E-state index in [-0.39, 0.29) is 17.9 Å². The predicted octanol–water partition coefficient (Wildman–Crippen LogP) is 1.43. The Morgan fingerprint density at radius 3 is 2.15 bits per heavy atom. The molecule has 0 aliphatic carbocycles. The van der Waals surface area contributed by atoms with Gasteiger partial charge in [0.2, 0.25) is 0 Å². The van der Waals surface area contributed by atoms with E-state index in [9.17, 15) is 4.79 Å². The second kappa shape index (κ2) is 5.08. The van der Waals surface area contributed by atoms with E-state index in [0.717, 1.165) is 0 Å². The van der Waals surface area contributed by atoms with Gasteiger partial charge < -0.3 is 4.74 Å². The van der Waals surface area contributed by atoms with Crippen LogP contribution in [0.1, 0.15) is 13.8 Å². The van der Waals surface area contributed by atoms with Crippen LogP contribution in [0.3, 0.4) is 0 Å². The third kappa shape index (κ3) is 5.40. The third-order valence-electron chi connectivity index (χ3n) is 1.57. The zero-order valence-electron chi connectivity index (χ0n) is 8.83. The van der Waals surface area contributed by atoms with Crippen molar-refractivity contribution in [1.82, 2.24) is 5.09 Å². The lowest BCUT2D eigenvalue weighted by Gasteiger charge is -2.24. The Hall–Kier alpha value is 0.0800. The van der Waals surface area contributed by atoms with E-state index in [4.69, 9.17) is 11.8 Å². The molecule has 0 aromatic rings. The van der Waals surface area contributed by atoms with E-state index >= 15 is 0 Å². The molecule has 0 aliphatic heterocycles. The summed E-state index contributed by atoms with van der Waals surface area (Å²) in [5.41, 5.74) is 0. The van der Waals surface area contributed by atoms with E-state index in [1.165, 1.54) is 7.11 Å². The lowest BCUT2D eigenvalue weighted by molar-refractivity contribution is -0.143. The predicted molar refractivity (Wildman–Crippen MR) is 59.9 cm³/mol. The molecular weight excluding hydrogens is 205 g/mol. The van der Waals surface area contributed by atoms with Crippen molar-refractivity contribution in [2.24, 2.45) is 5.92 Å². The molecule has 0 bridgehead atoms. The SMILES string of the molecule is COC(=O)C(NP(C)(C)=S)C(C)C. The topological polar surface area (TPSA) is 38.3 Å². The minimum absolute atomic E-state index is 0.203. The van der Waals surface area contributed by atoms with Gasteiger partial charge in [0.15, 0.2) is 0 Å². The van der Waals surface area contributed by atoms with Gasteiger partial charge in [0.05, 0.1) is 7.11 Å². The summed E-state index contributed by atoms with van der Waals surface area (Å²) in [5.74, 6) is -0.0254. The van der Waals surface area contributed by atoms with Gasteiger partial charge in [-0.25, -0.2) is 0 Å². The van der Waals surface area contributed by atoms with Crippen molar-refractivity contribution in [3.05, 3.63) is 0 Å². The number of rotatable bonds is 4. The average molecular weight is 223 g/mol. The highest BCUT2D eigenvalue weighted by molar-refractivity contribution is 8.13. The van der Waals surface area contributed by atoms with Gasteiger partial charge in [0.1, 0.15) is 6.04 Å². The Labute approximate surface area is 85.3 Å². The molecule has 0 aliphatic rings. The lowest BCUT2D eigenvalue weighted by atomic mass is 10.1. The molecule has 0 aromatic heterocycles. The molecule has 0 rings (SSSR count). The van der Waals surface area contributed by atoms with Crippen LogP contribution < -0.4 is 5.09 Å². The molecule has 78 valence electrons. The largest absolute Gasteiger partial charge is 0.468 e. The molecule has 1 atom stereocenters. The van der Waals surface area contributed by atoms with Crippen LogP contribution in [0.25, 0.3) is 0 Å². The Bertz CT molecular complexity index is 224. The minimum Gasteiger partial charge on any atom is -0.468 e. The van der Waals surface area contributed by atoms with E-state index in [1.54, 1.807) is 0 Å². The first-order valence-corrected chi connectivity index (χ1v) is 7.88. The Kier molecular flexibility index (Phi) is 5.11. The number of esters is 1. The first-order chi connectivity index (χ1) is 5.78. The van der Waals surface area contributed by atoms with Crippen LogP contribution >= 0.6 is 6.19 Å². The maximum Gasteiger partial charge on any atom is 0.323 e. The Morgan fingerprint density at radius 1 is 1.46 bits per heavy atom. The number of ether oxygens (including phenoxy) is 1. The van der Waals surface area contributed by atoms with Gasteiger partial charge in [-0.05, 0) is 19.2 Å². The Balaban J connectivity index is 4.45. The van der Waals surface area contributed by atoms with Gasteiger partial charge in [-0.1, -0.05) is 25.7 Å². The lowest BCUT2D eigenvalue weighted by Crippen LogP contribution is -2.39. The summed E-state index contributed by atoms with van der Waals surface area (Å²) >= 11 is 5.24. The molecule has 0 fully saturated rings. The standard InChI is InChI=1S/C8H18NO2PS/c1-6(2)7(8(10)11-3)9-12(4,5)13/h6-7H,1-5H3,(H,9,13). The average Bonchev–Trinajstić information content (AvgIpc) is 1.96. The number of hydrogen-bond acceptors (Lipinski definition) is 3. The van der Waals surface area contributed by atoms with E-state index in [1.807, 2.05) is 27.2 Å². The maximum atomic E-state index is 11.3. The first-order valence-electron chi connectivity index (χ1n) is 4.18. The third-order valence-corrected chi connectivity index (χ3v) is 2.79. The summed E-state index contributed by atoms with van der Waals surface area (Å²) in [7, 11) is 1.40. The van der Waals surface area contributed by atoms with Gasteiger partial charge in [-0.15, -0.1) is 0 Å². The Morgan fingerprint density at radius 2 is 1.92 bits per heavy atom. The van der Waals surface area contributed by atoms with Gasteiger partial charge in [-0.3, -0.25) is 9.88 Å². The molecule has 5 heteroatoms. The van der Waals surface area contributed by atoms with Crippen molar-refractivity contribution >= 4 is 24.0 Å². The molecule has 0 amide bonds. The summed E-state index contributed by atoms with van der Waals surface area (Å²) in [4.78, 5) is 11.3. The van der Waals surface area contributed by atoms with Gasteiger partial charge in [0.25, 0.3) is 0 Å². The summed E-state index contributed by atoms with van der Waals surface area (Å²) in [6.45, 7) is 7.86. The van der Waals surface area contributed by atoms with Crippen molar-refractivity contribution in [1.29, 1.82) is 0 Å². The van der Waals surface area contributed by atoms with Gasteiger partial charge >= 0.3 is 5.97 Å². The number of nitrogens with one attached hydrogen (secondary N) is 1. The molecule has 0 radical (unpaired) electrons. The fourth-order valence-corrected chi connectivity index (χ4v) is 2.35. The quantitative estimate of drug-likeness (QED) is 0.578. The van der Waals surface area contributed by atoms with Crippen molar-refractivity contribution in [2.45, 2.75) is 19.9 Å². The van der Waals surface area contributed by atoms with Gasteiger partial charge in [0, 0.05) is 6.19 Å². The molecule has 0 saturated carbocycles. The zero-order chi connectivity index (χ0) is 10.6. The van der Waals surface area contributed by atoms with E-state index < -0.39 is 6.19 Å². The van der Waals surface area contributed by atoms with Gasteiger partial charge in [-0.2, -0.15) is 0 Å². The van der Waals surface area contributed by atoms with Crippen molar-refractivity contribution in [3.63, 3.8) is 0 Å². The highest BCUT2D eigenvalue weighted by atomic mass is 32.4. The number of hydrogen-bond donors (Lipinski definition) is 1. The summed E-state index contributed by atoms with van der Waals surface area (Å²) < 4.78 is 4.69. The second-order valence-corrected chi connectivity index (χ2v) is 9.42. The maximum absolute atomic E-state index is 11.3. The van der Waals surface area contributed by atoms with Crippen LogP contribution in [0.5, 0.6) is 0 Å².